The normalized spacial score (nSPS) is 11.6. The Labute approximate surface area is 189 Å². The van der Waals surface area contributed by atoms with Crippen LogP contribution < -0.4 is 0 Å². The van der Waals surface area contributed by atoms with Crippen molar-refractivity contribution in [2.45, 2.75) is 17.1 Å². The van der Waals surface area contributed by atoms with Crippen LogP contribution in [0.2, 0.25) is 0 Å². The van der Waals surface area contributed by atoms with E-state index in [1.165, 1.54) is 30.0 Å². The van der Waals surface area contributed by atoms with Crippen LogP contribution in [0, 0.1) is 5.82 Å². The lowest BCUT2D eigenvalue weighted by Crippen LogP contribution is -2.07. The molecule has 0 unspecified atom stereocenters. The Balaban J connectivity index is 1.77. The van der Waals surface area contributed by atoms with E-state index in [2.05, 4.69) is 20.9 Å². The predicted molar refractivity (Wildman–Crippen MR) is 118 cm³/mol. The van der Waals surface area contributed by atoms with Gasteiger partial charge in [0.05, 0.1) is 17.5 Å². The van der Waals surface area contributed by atoms with Crippen LogP contribution >= 0.6 is 27.7 Å². The summed E-state index contributed by atoms with van der Waals surface area (Å²) in [6, 6.07) is 18.8. The second-order valence-corrected chi connectivity index (χ2v) is 8.59. The minimum atomic E-state index is -4.45. The highest BCUT2D eigenvalue weighted by Gasteiger charge is 2.31. The lowest BCUT2D eigenvalue weighted by atomic mass is 10.1. The van der Waals surface area contributed by atoms with Gasteiger partial charge in [-0.3, -0.25) is 4.57 Å². The molecule has 0 aliphatic rings. The largest absolute Gasteiger partial charge is 0.416 e. The van der Waals surface area contributed by atoms with Gasteiger partial charge in [-0.15, -0.1) is 0 Å². The Morgan fingerprint density at radius 1 is 0.935 bits per heavy atom. The first-order valence-electron chi connectivity index (χ1n) is 9.20. The summed E-state index contributed by atoms with van der Waals surface area (Å²) in [4.78, 5) is 4.47. The van der Waals surface area contributed by atoms with Crippen molar-refractivity contribution in [3.8, 4) is 16.9 Å². The van der Waals surface area contributed by atoms with Crippen molar-refractivity contribution in [3.05, 3.63) is 100 Å². The molecule has 0 radical (unpaired) electrons. The first kappa shape index (κ1) is 21.6. The molecule has 4 aromatic rings. The van der Waals surface area contributed by atoms with E-state index in [9.17, 15) is 17.6 Å². The molecule has 0 bridgehead atoms. The number of rotatable bonds is 5. The third kappa shape index (κ3) is 5.02. The standard InChI is InChI=1S/C23H15BrF4N2S/c24-18-8-6-16(7-9-18)21-13-29-22(31-14-15-4-10-19(25)11-5-15)30(21)20-3-1-2-17(12-20)23(26,27)28/h1-13H,14H2. The van der Waals surface area contributed by atoms with E-state index in [-0.39, 0.29) is 5.82 Å². The summed E-state index contributed by atoms with van der Waals surface area (Å²) in [6.45, 7) is 0. The second kappa shape index (κ2) is 8.88. The van der Waals surface area contributed by atoms with E-state index in [4.69, 9.17) is 0 Å². The third-order valence-electron chi connectivity index (χ3n) is 4.58. The van der Waals surface area contributed by atoms with Gasteiger partial charge in [0.15, 0.2) is 5.16 Å². The van der Waals surface area contributed by atoms with E-state index in [0.717, 1.165) is 27.7 Å². The fourth-order valence-electron chi connectivity index (χ4n) is 3.06. The maximum absolute atomic E-state index is 13.3. The summed E-state index contributed by atoms with van der Waals surface area (Å²) < 4.78 is 55.7. The summed E-state index contributed by atoms with van der Waals surface area (Å²) in [5, 5.41) is 0.543. The zero-order valence-corrected chi connectivity index (χ0v) is 18.3. The van der Waals surface area contributed by atoms with Gasteiger partial charge in [-0.1, -0.05) is 58.0 Å². The summed E-state index contributed by atoms with van der Waals surface area (Å²) in [6.07, 6.45) is -2.80. The van der Waals surface area contributed by atoms with Gasteiger partial charge in [0, 0.05) is 21.5 Å². The van der Waals surface area contributed by atoms with Crippen LogP contribution in [0.5, 0.6) is 0 Å². The van der Waals surface area contributed by atoms with Crippen LogP contribution in [0.1, 0.15) is 11.1 Å². The highest BCUT2D eigenvalue weighted by atomic mass is 79.9. The van der Waals surface area contributed by atoms with Crippen LogP contribution in [0.4, 0.5) is 17.6 Å². The van der Waals surface area contributed by atoms with E-state index in [1.807, 2.05) is 24.3 Å². The summed E-state index contributed by atoms with van der Waals surface area (Å²) in [5.41, 5.74) is 2.02. The summed E-state index contributed by atoms with van der Waals surface area (Å²) in [7, 11) is 0. The van der Waals surface area contributed by atoms with Crippen molar-refractivity contribution < 1.29 is 17.6 Å². The fourth-order valence-corrected chi connectivity index (χ4v) is 4.27. The minimum absolute atomic E-state index is 0.322. The number of halogens is 5. The Morgan fingerprint density at radius 2 is 1.65 bits per heavy atom. The molecule has 31 heavy (non-hydrogen) atoms. The molecular formula is C23H15BrF4N2S. The number of hydrogen-bond donors (Lipinski definition) is 0. The molecule has 0 atom stereocenters. The highest BCUT2D eigenvalue weighted by molar-refractivity contribution is 9.10. The van der Waals surface area contributed by atoms with E-state index >= 15 is 0 Å². The molecule has 0 spiro atoms. The quantitative estimate of drug-likeness (QED) is 0.203. The van der Waals surface area contributed by atoms with Gasteiger partial charge in [0.25, 0.3) is 0 Å². The van der Waals surface area contributed by atoms with Crippen LogP contribution in [0.25, 0.3) is 16.9 Å². The molecule has 0 N–H and O–H groups in total. The molecule has 1 heterocycles. The topological polar surface area (TPSA) is 17.8 Å². The molecule has 0 aliphatic heterocycles. The molecule has 0 saturated carbocycles. The molecule has 1 aromatic heterocycles. The predicted octanol–water partition coefficient (Wildman–Crippen LogP) is 7.75. The molecule has 0 amide bonds. The molecule has 3 aromatic carbocycles. The molecule has 2 nitrogen and oxygen atoms in total. The van der Waals surface area contributed by atoms with Gasteiger partial charge < -0.3 is 0 Å². The van der Waals surface area contributed by atoms with Crippen molar-refractivity contribution in [1.29, 1.82) is 0 Å². The number of thioether (sulfide) groups is 1. The third-order valence-corrected chi connectivity index (χ3v) is 6.13. The molecular weight excluding hydrogens is 492 g/mol. The van der Waals surface area contributed by atoms with Crippen LogP contribution in [-0.4, -0.2) is 9.55 Å². The SMILES string of the molecule is Fc1ccc(CSc2ncc(-c3ccc(Br)cc3)n2-c2cccc(C(F)(F)F)c2)cc1. The number of aromatic nitrogens is 2. The van der Waals surface area contributed by atoms with E-state index in [0.29, 0.717) is 22.3 Å². The highest BCUT2D eigenvalue weighted by Crippen LogP contribution is 2.35. The smallest absolute Gasteiger partial charge is 0.287 e. The molecule has 0 aliphatic carbocycles. The first-order chi connectivity index (χ1) is 14.8. The maximum atomic E-state index is 13.3. The monoisotopic (exact) mass is 506 g/mol. The van der Waals surface area contributed by atoms with Crippen LogP contribution in [0.3, 0.4) is 0 Å². The fraction of sp³-hybridized carbons (Fsp3) is 0.0870. The Morgan fingerprint density at radius 3 is 2.32 bits per heavy atom. The lowest BCUT2D eigenvalue weighted by Gasteiger charge is -2.14. The van der Waals surface area contributed by atoms with Gasteiger partial charge in [-0.2, -0.15) is 13.2 Å². The zero-order chi connectivity index (χ0) is 22.0. The average Bonchev–Trinajstić information content (AvgIpc) is 3.17. The number of nitrogens with zero attached hydrogens (tertiary/aromatic N) is 2. The Kier molecular flexibility index (Phi) is 6.20. The number of benzene rings is 3. The van der Waals surface area contributed by atoms with Crippen molar-refractivity contribution in [2.75, 3.05) is 0 Å². The molecule has 8 heteroatoms. The van der Waals surface area contributed by atoms with Crippen molar-refractivity contribution in [3.63, 3.8) is 0 Å². The molecule has 0 saturated heterocycles. The maximum Gasteiger partial charge on any atom is 0.416 e. The van der Waals surface area contributed by atoms with Gasteiger partial charge in [-0.05, 0) is 48.0 Å². The van der Waals surface area contributed by atoms with Crippen molar-refractivity contribution in [1.82, 2.24) is 9.55 Å². The molecule has 0 fully saturated rings. The number of hydrogen-bond acceptors (Lipinski definition) is 2. The first-order valence-corrected chi connectivity index (χ1v) is 11.0. The Hall–Kier alpha value is -2.58. The van der Waals surface area contributed by atoms with Gasteiger partial charge in [-0.25, -0.2) is 9.37 Å². The number of alkyl halides is 3. The van der Waals surface area contributed by atoms with Gasteiger partial charge in [0.1, 0.15) is 5.82 Å². The van der Waals surface area contributed by atoms with Crippen LogP contribution in [-0.2, 0) is 11.9 Å². The minimum Gasteiger partial charge on any atom is -0.287 e. The summed E-state index contributed by atoms with van der Waals surface area (Å²) >= 11 is 4.77. The van der Waals surface area contributed by atoms with E-state index in [1.54, 1.807) is 29.0 Å². The second-order valence-electron chi connectivity index (χ2n) is 6.73. The average molecular weight is 507 g/mol. The number of imidazole rings is 1. The molecule has 158 valence electrons. The van der Waals surface area contributed by atoms with E-state index < -0.39 is 11.7 Å². The van der Waals surface area contributed by atoms with Crippen LogP contribution in [0.15, 0.2) is 88.6 Å². The summed E-state index contributed by atoms with van der Waals surface area (Å²) in [5.74, 6) is 0.174. The Bertz CT molecular complexity index is 1190. The van der Waals surface area contributed by atoms with Crippen molar-refractivity contribution >= 4 is 27.7 Å². The molecule has 4 rings (SSSR count). The van der Waals surface area contributed by atoms with Gasteiger partial charge in [0.2, 0.25) is 0 Å². The van der Waals surface area contributed by atoms with Gasteiger partial charge >= 0.3 is 6.18 Å². The zero-order valence-electron chi connectivity index (χ0n) is 15.9. The lowest BCUT2D eigenvalue weighted by molar-refractivity contribution is -0.137. The van der Waals surface area contributed by atoms with Crippen molar-refractivity contribution in [2.24, 2.45) is 0 Å².